The van der Waals surface area contributed by atoms with E-state index in [9.17, 15) is 9.59 Å². The average molecular weight is 219 g/mol. The Morgan fingerprint density at radius 1 is 1.71 bits per heavy atom. The van der Waals surface area contributed by atoms with Crippen molar-refractivity contribution in [3.8, 4) is 0 Å². The Morgan fingerprint density at radius 2 is 2.36 bits per heavy atom. The van der Waals surface area contributed by atoms with Crippen molar-refractivity contribution in [3.63, 3.8) is 0 Å². The SMILES string of the molecule is O=C(O)C(O)CN1CC(CS)CC1=O. The van der Waals surface area contributed by atoms with Crippen molar-refractivity contribution in [3.05, 3.63) is 0 Å². The second-order valence-corrected chi connectivity index (χ2v) is 3.77. The van der Waals surface area contributed by atoms with Crippen LogP contribution in [0, 0.1) is 5.92 Å². The molecule has 1 saturated heterocycles. The topological polar surface area (TPSA) is 77.8 Å². The molecular weight excluding hydrogens is 206 g/mol. The van der Waals surface area contributed by atoms with E-state index in [-0.39, 0.29) is 18.4 Å². The van der Waals surface area contributed by atoms with E-state index in [1.54, 1.807) is 0 Å². The van der Waals surface area contributed by atoms with Gasteiger partial charge < -0.3 is 15.1 Å². The zero-order chi connectivity index (χ0) is 10.7. The van der Waals surface area contributed by atoms with Crippen molar-refractivity contribution in [2.24, 2.45) is 5.92 Å². The third kappa shape index (κ3) is 2.62. The normalized spacial score (nSPS) is 24.0. The van der Waals surface area contributed by atoms with Crippen LogP contribution in [0.3, 0.4) is 0 Å². The Hall–Kier alpha value is -0.750. The predicted molar refractivity (Wildman–Crippen MR) is 52.2 cm³/mol. The van der Waals surface area contributed by atoms with Crippen LogP contribution in [0.5, 0.6) is 0 Å². The quantitative estimate of drug-likeness (QED) is 0.541. The molecule has 2 unspecified atom stereocenters. The van der Waals surface area contributed by atoms with Gasteiger partial charge in [0.15, 0.2) is 6.10 Å². The molecule has 0 aromatic heterocycles. The van der Waals surface area contributed by atoms with E-state index in [0.29, 0.717) is 18.7 Å². The number of carbonyl (C=O) groups excluding carboxylic acids is 1. The summed E-state index contributed by atoms with van der Waals surface area (Å²) >= 11 is 4.07. The fraction of sp³-hybridized carbons (Fsp3) is 0.750. The maximum atomic E-state index is 11.3. The third-order valence-corrected chi connectivity index (χ3v) is 2.75. The zero-order valence-electron chi connectivity index (χ0n) is 7.59. The van der Waals surface area contributed by atoms with E-state index in [2.05, 4.69) is 12.6 Å². The first-order chi connectivity index (χ1) is 6.54. The third-order valence-electron chi connectivity index (χ3n) is 2.23. The number of carboxylic acids is 1. The summed E-state index contributed by atoms with van der Waals surface area (Å²) in [6.07, 6.45) is -1.09. The molecule has 6 heteroatoms. The van der Waals surface area contributed by atoms with Gasteiger partial charge in [-0.25, -0.2) is 4.79 Å². The first-order valence-electron chi connectivity index (χ1n) is 4.34. The fourth-order valence-corrected chi connectivity index (χ4v) is 1.68. The number of likely N-dealkylation sites (tertiary alicyclic amines) is 1. The number of hydrogen-bond donors (Lipinski definition) is 3. The summed E-state index contributed by atoms with van der Waals surface area (Å²) < 4.78 is 0. The Balaban J connectivity index is 2.46. The molecule has 0 radical (unpaired) electrons. The van der Waals surface area contributed by atoms with Crippen molar-refractivity contribution < 1.29 is 19.8 Å². The molecule has 1 rings (SSSR count). The Kier molecular flexibility index (Phi) is 3.77. The lowest BCUT2D eigenvalue weighted by molar-refractivity contribution is -0.148. The van der Waals surface area contributed by atoms with E-state index >= 15 is 0 Å². The van der Waals surface area contributed by atoms with Crippen molar-refractivity contribution >= 4 is 24.5 Å². The molecule has 80 valence electrons. The molecule has 0 bridgehead atoms. The second kappa shape index (κ2) is 4.65. The molecule has 1 heterocycles. The molecule has 0 aromatic rings. The van der Waals surface area contributed by atoms with Crippen molar-refractivity contribution in [1.29, 1.82) is 0 Å². The average Bonchev–Trinajstić information content (AvgIpc) is 2.47. The summed E-state index contributed by atoms with van der Waals surface area (Å²) in [6.45, 7) is 0.366. The summed E-state index contributed by atoms with van der Waals surface area (Å²) in [6, 6.07) is 0. The molecule has 0 saturated carbocycles. The molecule has 0 aliphatic carbocycles. The van der Waals surface area contributed by atoms with Crippen LogP contribution in [0.1, 0.15) is 6.42 Å². The fourth-order valence-electron chi connectivity index (χ4n) is 1.44. The highest BCUT2D eigenvalue weighted by Gasteiger charge is 2.31. The monoisotopic (exact) mass is 219 g/mol. The van der Waals surface area contributed by atoms with Crippen LogP contribution >= 0.6 is 12.6 Å². The Morgan fingerprint density at radius 3 is 2.79 bits per heavy atom. The van der Waals surface area contributed by atoms with Gasteiger partial charge in [0.2, 0.25) is 5.91 Å². The highest BCUT2D eigenvalue weighted by molar-refractivity contribution is 7.80. The number of amides is 1. The van der Waals surface area contributed by atoms with E-state index in [1.165, 1.54) is 4.90 Å². The van der Waals surface area contributed by atoms with Gasteiger partial charge in [-0.3, -0.25) is 4.79 Å². The molecule has 1 aliphatic heterocycles. The maximum Gasteiger partial charge on any atom is 0.334 e. The molecule has 14 heavy (non-hydrogen) atoms. The number of aliphatic hydroxyl groups excluding tert-OH is 1. The van der Waals surface area contributed by atoms with Crippen LogP contribution in [0.4, 0.5) is 0 Å². The Bertz CT molecular complexity index is 245. The molecule has 2 N–H and O–H groups in total. The minimum Gasteiger partial charge on any atom is -0.479 e. The molecule has 1 aliphatic rings. The summed E-state index contributed by atoms with van der Waals surface area (Å²) in [5.41, 5.74) is 0. The number of thiol groups is 1. The van der Waals surface area contributed by atoms with E-state index in [4.69, 9.17) is 10.2 Å². The smallest absolute Gasteiger partial charge is 0.334 e. The van der Waals surface area contributed by atoms with E-state index in [1.807, 2.05) is 0 Å². The number of rotatable bonds is 4. The number of β-amino-alcohol motifs (C(OH)–C–C–N with tert-alkyl or cyclic N) is 1. The largest absolute Gasteiger partial charge is 0.479 e. The van der Waals surface area contributed by atoms with Gasteiger partial charge in [-0.1, -0.05) is 0 Å². The van der Waals surface area contributed by atoms with Crippen molar-refractivity contribution in [2.45, 2.75) is 12.5 Å². The summed E-state index contributed by atoms with van der Waals surface area (Å²) in [7, 11) is 0. The number of carbonyl (C=O) groups is 2. The molecule has 0 aromatic carbocycles. The Labute approximate surface area is 87.1 Å². The minimum absolute atomic E-state index is 0.107. The van der Waals surface area contributed by atoms with Crippen LogP contribution in [0.15, 0.2) is 0 Å². The zero-order valence-corrected chi connectivity index (χ0v) is 8.48. The molecule has 5 nitrogen and oxygen atoms in total. The minimum atomic E-state index is -1.49. The highest BCUT2D eigenvalue weighted by atomic mass is 32.1. The molecule has 1 fully saturated rings. The van der Waals surface area contributed by atoms with Crippen LogP contribution in [0.25, 0.3) is 0 Å². The van der Waals surface area contributed by atoms with Gasteiger partial charge in [0.1, 0.15) is 0 Å². The molecule has 1 amide bonds. The summed E-state index contributed by atoms with van der Waals surface area (Å²) in [5.74, 6) is -0.630. The lowest BCUT2D eigenvalue weighted by Crippen LogP contribution is -2.37. The van der Waals surface area contributed by atoms with E-state index in [0.717, 1.165) is 0 Å². The highest BCUT2D eigenvalue weighted by Crippen LogP contribution is 2.18. The van der Waals surface area contributed by atoms with Gasteiger partial charge in [-0.15, -0.1) is 0 Å². The number of carboxylic acid groups (broad SMARTS) is 1. The van der Waals surface area contributed by atoms with Gasteiger partial charge in [0.25, 0.3) is 0 Å². The number of aliphatic hydroxyl groups is 1. The number of aliphatic carboxylic acids is 1. The number of nitrogens with zero attached hydrogens (tertiary/aromatic N) is 1. The van der Waals surface area contributed by atoms with Crippen molar-refractivity contribution in [1.82, 2.24) is 4.90 Å². The van der Waals surface area contributed by atoms with Crippen molar-refractivity contribution in [2.75, 3.05) is 18.8 Å². The van der Waals surface area contributed by atoms with Crippen LogP contribution in [-0.4, -0.2) is 51.9 Å². The van der Waals surface area contributed by atoms with Crippen LogP contribution < -0.4 is 0 Å². The first kappa shape index (κ1) is 11.3. The molecule has 0 spiro atoms. The maximum absolute atomic E-state index is 11.3. The molecular formula is C8H13NO4S. The van der Waals surface area contributed by atoms with Gasteiger partial charge in [0.05, 0.1) is 6.54 Å². The summed E-state index contributed by atoms with van der Waals surface area (Å²) in [5, 5.41) is 17.5. The number of hydrogen-bond acceptors (Lipinski definition) is 4. The predicted octanol–water partition coefficient (Wildman–Crippen LogP) is -0.790. The van der Waals surface area contributed by atoms with Gasteiger partial charge in [-0.2, -0.15) is 12.6 Å². The lowest BCUT2D eigenvalue weighted by atomic mass is 10.1. The van der Waals surface area contributed by atoms with E-state index < -0.39 is 12.1 Å². The standard InChI is InChI=1S/C8H13NO4S/c10-6(8(12)13)3-9-2-5(4-14)1-7(9)11/h5-6,10,14H,1-4H2,(H,12,13). The molecule has 2 atom stereocenters. The van der Waals surface area contributed by atoms with Gasteiger partial charge in [0, 0.05) is 13.0 Å². The van der Waals surface area contributed by atoms with Crippen LogP contribution in [-0.2, 0) is 9.59 Å². The first-order valence-corrected chi connectivity index (χ1v) is 4.97. The lowest BCUT2D eigenvalue weighted by Gasteiger charge is -2.17. The summed E-state index contributed by atoms with van der Waals surface area (Å²) in [4.78, 5) is 23.0. The van der Waals surface area contributed by atoms with Gasteiger partial charge >= 0.3 is 5.97 Å². The van der Waals surface area contributed by atoms with Gasteiger partial charge in [-0.05, 0) is 11.7 Å². The second-order valence-electron chi connectivity index (χ2n) is 3.41. The van der Waals surface area contributed by atoms with Crippen LogP contribution in [0.2, 0.25) is 0 Å².